The first-order valence-electron chi connectivity index (χ1n) is 30.4. The van der Waals surface area contributed by atoms with Gasteiger partial charge in [-0.25, -0.2) is 0 Å². The van der Waals surface area contributed by atoms with Crippen LogP contribution in [0.2, 0.25) is 0 Å². The molecule has 14 heteroatoms. The number of aliphatic hydroxyl groups is 8. The van der Waals surface area contributed by atoms with Crippen LogP contribution in [0.1, 0.15) is 239 Å². The van der Waals surface area contributed by atoms with Gasteiger partial charge in [0.25, 0.3) is 0 Å². The second kappa shape index (κ2) is 46.8. The third-order valence-corrected chi connectivity index (χ3v) is 14.7. The Balaban J connectivity index is 1.75. The lowest BCUT2D eigenvalue weighted by atomic mass is 9.97. The average Bonchev–Trinajstić information content (AvgIpc) is 3.41. The maximum atomic E-state index is 13.3. The van der Waals surface area contributed by atoms with Gasteiger partial charge in [-0.1, -0.05) is 210 Å². The topological polar surface area (TPSA) is 228 Å². The van der Waals surface area contributed by atoms with Gasteiger partial charge in [0.05, 0.1) is 32.0 Å². The number of allylic oxidation sites excluding steroid dienone is 7. The van der Waals surface area contributed by atoms with Crippen molar-refractivity contribution in [2.75, 3.05) is 19.8 Å². The van der Waals surface area contributed by atoms with E-state index in [2.05, 4.69) is 55.6 Å². The van der Waals surface area contributed by atoms with E-state index in [0.717, 1.165) is 44.9 Å². The summed E-state index contributed by atoms with van der Waals surface area (Å²) in [5.41, 5.74) is 0. The van der Waals surface area contributed by atoms with Crippen molar-refractivity contribution in [1.29, 1.82) is 0 Å². The van der Waals surface area contributed by atoms with Crippen molar-refractivity contribution in [3.63, 3.8) is 0 Å². The molecule has 12 atom stereocenters. The van der Waals surface area contributed by atoms with E-state index in [1.54, 1.807) is 6.08 Å². The van der Waals surface area contributed by atoms with Crippen LogP contribution in [0.25, 0.3) is 0 Å². The molecule has 0 aromatic carbocycles. The van der Waals surface area contributed by atoms with Gasteiger partial charge in [0, 0.05) is 6.42 Å². The van der Waals surface area contributed by atoms with Crippen LogP contribution in [-0.4, -0.2) is 140 Å². The first-order chi connectivity index (χ1) is 36.6. The molecule has 2 fully saturated rings. The van der Waals surface area contributed by atoms with E-state index in [-0.39, 0.29) is 18.9 Å². The Morgan fingerprint density at radius 2 is 0.853 bits per heavy atom. The van der Waals surface area contributed by atoms with Crippen molar-refractivity contribution in [3.8, 4) is 0 Å². The minimum absolute atomic E-state index is 0.253. The lowest BCUT2D eigenvalue weighted by molar-refractivity contribution is -0.359. The standard InChI is InChI=1S/C61H111NO13/c1-3-5-7-9-11-13-15-17-19-21-22-23-24-25-26-27-28-29-31-33-35-37-39-41-43-45-53(66)62-49(50(65)44-42-40-38-36-34-32-30-20-18-16-14-12-10-8-6-4-2)48-72-60-58(71)56(69)59(52(47-64)74-60)75-61-57(70)55(68)54(67)51(46-63)73-61/h18,20-22,34,36,42,44,49-52,54-61,63-65,67-71H,3-17,19,23-33,35,37-41,43,45-48H2,1-2H3,(H,62,66)/b20-18+,22-21-,36-34+,44-42+. The Labute approximate surface area is 454 Å². The molecule has 0 bridgehead atoms. The number of ether oxygens (including phenoxy) is 4. The molecule has 0 aromatic heterocycles. The molecule has 0 aliphatic carbocycles. The van der Waals surface area contributed by atoms with Crippen molar-refractivity contribution in [2.24, 2.45) is 0 Å². The summed E-state index contributed by atoms with van der Waals surface area (Å²) in [4.78, 5) is 13.3. The van der Waals surface area contributed by atoms with Crippen LogP contribution in [0.5, 0.6) is 0 Å². The van der Waals surface area contributed by atoms with E-state index in [4.69, 9.17) is 18.9 Å². The van der Waals surface area contributed by atoms with Gasteiger partial charge in [0.2, 0.25) is 5.91 Å². The summed E-state index contributed by atoms with van der Waals surface area (Å²) >= 11 is 0. The fraction of sp³-hybridized carbons (Fsp3) is 0.852. The largest absolute Gasteiger partial charge is 0.394 e. The summed E-state index contributed by atoms with van der Waals surface area (Å²) < 4.78 is 22.7. The van der Waals surface area contributed by atoms with Gasteiger partial charge in [0.15, 0.2) is 12.6 Å². The third-order valence-electron chi connectivity index (χ3n) is 14.7. The van der Waals surface area contributed by atoms with Crippen LogP contribution in [-0.2, 0) is 23.7 Å². The molecule has 1 amide bonds. The van der Waals surface area contributed by atoms with E-state index < -0.39 is 86.8 Å². The number of nitrogens with one attached hydrogen (secondary N) is 1. The number of carbonyl (C=O) groups is 1. The molecule has 2 aliphatic rings. The molecular formula is C61H111NO13. The van der Waals surface area contributed by atoms with Crippen LogP contribution in [0.15, 0.2) is 48.6 Å². The summed E-state index contributed by atoms with van der Waals surface area (Å²) in [6, 6.07) is -0.938. The second-order valence-electron chi connectivity index (χ2n) is 21.5. The molecule has 14 nitrogen and oxygen atoms in total. The van der Waals surface area contributed by atoms with Crippen LogP contribution < -0.4 is 5.32 Å². The monoisotopic (exact) mass is 1070 g/mol. The second-order valence-corrected chi connectivity index (χ2v) is 21.5. The third kappa shape index (κ3) is 32.6. The highest BCUT2D eigenvalue weighted by molar-refractivity contribution is 5.76. The van der Waals surface area contributed by atoms with Crippen molar-refractivity contribution in [1.82, 2.24) is 5.32 Å². The SMILES string of the molecule is CCCCCCCC/C=C/CC/C=C/CC/C=C/C(O)C(COC1OC(CO)C(OC2OC(CO)C(O)C(O)C2O)C(O)C1O)NC(=O)CCCCCCCCCCCCCCC/C=C\CCCCCCCCCC. The van der Waals surface area contributed by atoms with Gasteiger partial charge in [0.1, 0.15) is 48.8 Å². The molecule has 0 aromatic rings. The zero-order valence-electron chi connectivity index (χ0n) is 47.0. The molecule has 2 heterocycles. The summed E-state index contributed by atoms with van der Waals surface area (Å²) in [5, 5.41) is 87.0. The molecule has 12 unspecified atom stereocenters. The summed E-state index contributed by atoms with van der Waals surface area (Å²) in [7, 11) is 0. The zero-order valence-corrected chi connectivity index (χ0v) is 47.0. The summed E-state index contributed by atoms with van der Waals surface area (Å²) in [6.07, 6.45) is 41.6. The predicted octanol–water partition coefficient (Wildman–Crippen LogP) is 10.4. The highest BCUT2D eigenvalue weighted by Crippen LogP contribution is 2.30. The van der Waals surface area contributed by atoms with Gasteiger partial charge in [-0.15, -0.1) is 0 Å². The first-order valence-corrected chi connectivity index (χ1v) is 30.4. The maximum Gasteiger partial charge on any atom is 0.220 e. The van der Waals surface area contributed by atoms with Crippen LogP contribution >= 0.6 is 0 Å². The van der Waals surface area contributed by atoms with Crippen LogP contribution in [0, 0.1) is 0 Å². The molecule has 2 saturated heterocycles. The van der Waals surface area contributed by atoms with Crippen molar-refractivity contribution < 1.29 is 64.6 Å². The number of hydrogen-bond acceptors (Lipinski definition) is 13. The summed E-state index contributed by atoms with van der Waals surface area (Å²) in [6.45, 7) is 2.77. The Morgan fingerprint density at radius 1 is 0.467 bits per heavy atom. The minimum Gasteiger partial charge on any atom is -0.394 e. The number of amides is 1. The van der Waals surface area contributed by atoms with Crippen LogP contribution in [0.3, 0.4) is 0 Å². The number of rotatable bonds is 48. The van der Waals surface area contributed by atoms with E-state index in [1.807, 2.05) is 6.08 Å². The molecule has 75 heavy (non-hydrogen) atoms. The Morgan fingerprint density at radius 3 is 1.31 bits per heavy atom. The Hall–Kier alpha value is -2.05. The molecule has 9 N–H and O–H groups in total. The fourth-order valence-electron chi connectivity index (χ4n) is 9.79. The smallest absolute Gasteiger partial charge is 0.220 e. The fourth-order valence-corrected chi connectivity index (χ4v) is 9.79. The van der Waals surface area contributed by atoms with E-state index in [1.165, 1.54) is 161 Å². The quantitative estimate of drug-likeness (QED) is 0.0204. The first kappa shape index (κ1) is 69.1. The molecular weight excluding hydrogens is 955 g/mol. The van der Waals surface area contributed by atoms with Crippen molar-refractivity contribution >= 4 is 5.91 Å². The van der Waals surface area contributed by atoms with Gasteiger partial charge < -0.3 is 65.1 Å². The predicted molar refractivity (Wildman–Crippen MR) is 300 cm³/mol. The highest BCUT2D eigenvalue weighted by atomic mass is 16.7. The maximum absolute atomic E-state index is 13.3. The molecule has 438 valence electrons. The summed E-state index contributed by atoms with van der Waals surface area (Å²) in [5.74, 6) is -0.253. The number of aliphatic hydroxyl groups excluding tert-OH is 8. The molecule has 0 radical (unpaired) electrons. The number of unbranched alkanes of at least 4 members (excludes halogenated alkanes) is 29. The van der Waals surface area contributed by atoms with Crippen molar-refractivity contribution in [2.45, 2.75) is 312 Å². The van der Waals surface area contributed by atoms with Gasteiger partial charge >= 0.3 is 0 Å². The molecule has 2 rings (SSSR count). The number of carbonyl (C=O) groups excluding carboxylic acids is 1. The Bertz CT molecular complexity index is 1440. The normalized spacial score (nSPS) is 25.4. The minimum atomic E-state index is -1.79. The number of hydrogen-bond donors (Lipinski definition) is 9. The zero-order chi connectivity index (χ0) is 54.6. The van der Waals surface area contributed by atoms with Gasteiger partial charge in [-0.05, 0) is 70.6 Å². The lowest BCUT2D eigenvalue weighted by Gasteiger charge is -2.46. The van der Waals surface area contributed by atoms with E-state index in [9.17, 15) is 45.6 Å². The van der Waals surface area contributed by atoms with E-state index in [0.29, 0.717) is 12.8 Å². The Kier molecular flexibility index (Phi) is 43.1. The lowest BCUT2D eigenvalue weighted by Crippen LogP contribution is -2.65. The molecule has 2 aliphatic heterocycles. The van der Waals surface area contributed by atoms with Crippen LogP contribution in [0.4, 0.5) is 0 Å². The van der Waals surface area contributed by atoms with Gasteiger partial charge in [-0.3, -0.25) is 4.79 Å². The van der Waals surface area contributed by atoms with Crippen molar-refractivity contribution in [3.05, 3.63) is 48.6 Å². The molecule has 0 saturated carbocycles. The average molecular weight is 1070 g/mol. The highest BCUT2D eigenvalue weighted by Gasteiger charge is 2.51. The van der Waals surface area contributed by atoms with E-state index >= 15 is 0 Å². The molecule has 0 spiro atoms. The van der Waals surface area contributed by atoms with Gasteiger partial charge in [-0.2, -0.15) is 0 Å².